The summed E-state index contributed by atoms with van der Waals surface area (Å²) in [5, 5.41) is 0. The summed E-state index contributed by atoms with van der Waals surface area (Å²) < 4.78 is 12.9. The predicted octanol–water partition coefficient (Wildman–Crippen LogP) is 1.93. The van der Waals surface area contributed by atoms with Crippen LogP contribution in [0.4, 0.5) is 10.1 Å². The summed E-state index contributed by atoms with van der Waals surface area (Å²) in [5.41, 5.74) is 7.36. The first-order chi connectivity index (χ1) is 6.15. The highest BCUT2D eigenvalue weighted by atomic mass is 19.1. The monoisotopic (exact) mass is 179 g/mol. The van der Waals surface area contributed by atoms with Crippen LogP contribution < -0.4 is 5.73 Å². The third-order valence-electron chi connectivity index (χ3n) is 1.74. The van der Waals surface area contributed by atoms with Gasteiger partial charge in [-0.25, -0.2) is 4.39 Å². The zero-order valence-electron chi connectivity index (χ0n) is 7.25. The average molecular weight is 179 g/mol. The number of hydrogen-bond donors (Lipinski definition) is 1. The minimum atomic E-state index is -0.350. The van der Waals surface area contributed by atoms with Crippen LogP contribution in [0.3, 0.4) is 0 Å². The van der Waals surface area contributed by atoms with E-state index in [1.54, 1.807) is 6.92 Å². The third-order valence-corrected chi connectivity index (χ3v) is 1.74. The molecule has 0 heterocycles. The van der Waals surface area contributed by atoms with E-state index >= 15 is 0 Å². The lowest BCUT2D eigenvalue weighted by atomic mass is 10.1. The van der Waals surface area contributed by atoms with E-state index in [4.69, 9.17) is 5.73 Å². The molecule has 13 heavy (non-hydrogen) atoms. The number of aryl methyl sites for hydroxylation is 1. The number of halogens is 1. The standard InChI is InChI=1S/C10H10FNO/c1-7-5-9(11)6-8(10(7)12)3-2-4-13/h2-6H,12H2,1H3. The van der Waals surface area contributed by atoms with Crippen LogP contribution in [-0.4, -0.2) is 6.29 Å². The molecule has 0 aliphatic rings. The lowest BCUT2D eigenvalue weighted by Crippen LogP contribution is -1.94. The van der Waals surface area contributed by atoms with Gasteiger partial charge in [0.15, 0.2) is 0 Å². The minimum Gasteiger partial charge on any atom is -0.398 e. The molecular formula is C10H10FNO. The number of carbonyl (C=O) groups is 1. The molecule has 0 atom stereocenters. The molecule has 0 unspecified atom stereocenters. The van der Waals surface area contributed by atoms with Crippen molar-refractivity contribution in [1.29, 1.82) is 0 Å². The number of anilines is 1. The van der Waals surface area contributed by atoms with Crippen molar-refractivity contribution in [2.75, 3.05) is 5.73 Å². The van der Waals surface area contributed by atoms with E-state index in [0.29, 0.717) is 23.1 Å². The second kappa shape index (κ2) is 3.85. The Morgan fingerprint density at radius 1 is 1.46 bits per heavy atom. The van der Waals surface area contributed by atoms with Crippen molar-refractivity contribution >= 4 is 18.0 Å². The van der Waals surface area contributed by atoms with Crippen LogP contribution in [0.15, 0.2) is 18.2 Å². The van der Waals surface area contributed by atoms with Gasteiger partial charge in [0.05, 0.1) is 0 Å². The Bertz CT molecular complexity index is 358. The molecule has 2 N–H and O–H groups in total. The van der Waals surface area contributed by atoms with Crippen molar-refractivity contribution in [2.45, 2.75) is 6.92 Å². The van der Waals surface area contributed by atoms with Crippen molar-refractivity contribution in [2.24, 2.45) is 0 Å². The fourth-order valence-electron chi connectivity index (χ4n) is 1.06. The summed E-state index contributed by atoms with van der Waals surface area (Å²) in [5.74, 6) is -0.350. The number of allylic oxidation sites excluding steroid dienone is 1. The summed E-state index contributed by atoms with van der Waals surface area (Å²) in [4.78, 5) is 10.0. The van der Waals surface area contributed by atoms with Crippen LogP contribution in [0.5, 0.6) is 0 Å². The summed E-state index contributed by atoms with van der Waals surface area (Å²) >= 11 is 0. The fourth-order valence-corrected chi connectivity index (χ4v) is 1.06. The maximum Gasteiger partial charge on any atom is 0.142 e. The van der Waals surface area contributed by atoms with E-state index in [1.165, 1.54) is 24.3 Å². The number of hydrogen-bond acceptors (Lipinski definition) is 2. The minimum absolute atomic E-state index is 0.350. The number of rotatable bonds is 2. The molecular weight excluding hydrogens is 169 g/mol. The van der Waals surface area contributed by atoms with Gasteiger partial charge in [-0.05, 0) is 36.8 Å². The molecule has 0 amide bonds. The number of carbonyl (C=O) groups excluding carboxylic acids is 1. The molecule has 0 spiro atoms. The highest BCUT2D eigenvalue weighted by Gasteiger charge is 2.01. The van der Waals surface area contributed by atoms with Crippen LogP contribution >= 0.6 is 0 Å². The third kappa shape index (κ3) is 2.15. The summed E-state index contributed by atoms with van der Waals surface area (Å²) in [6.07, 6.45) is 3.39. The predicted molar refractivity (Wildman–Crippen MR) is 50.6 cm³/mol. The van der Waals surface area contributed by atoms with Crippen LogP contribution in [0.25, 0.3) is 6.08 Å². The number of benzene rings is 1. The topological polar surface area (TPSA) is 43.1 Å². The first-order valence-corrected chi connectivity index (χ1v) is 3.82. The normalized spacial score (nSPS) is 10.6. The molecule has 0 bridgehead atoms. The summed E-state index contributed by atoms with van der Waals surface area (Å²) in [7, 11) is 0. The Hall–Kier alpha value is -1.64. The van der Waals surface area contributed by atoms with Gasteiger partial charge in [-0.15, -0.1) is 0 Å². The van der Waals surface area contributed by atoms with Gasteiger partial charge >= 0.3 is 0 Å². The summed E-state index contributed by atoms with van der Waals surface area (Å²) in [6, 6.07) is 2.65. The molecule has 0 saturated heterocycles. The quantitative estimate of drug-likeness (QED) is 0.428. The Balaban J connectivity index is 3.19. The number of nitrogens with two attached hydrogens (primary N) is 1. The first kappa shape index (κ1) is 9.45. The van der Waals surface area contributed by atoms with Crippen molar-refractivity contribution in [3.8, 4) is 0 Å². The lowest BCUT2D eigenvalue weighted by molar-refractivity contribution is -0.104. The van der Waals surface area contributed by atoms with Gasteiger partial charge in [-0.3, -0.25) is 4.79 Å². The smallest absolute Gasteiger partial charge is 0.142 e. The molecule has 0 fully saturated rings. The molecule has 1 aromatic carbocycles. The van der Waals surface area contributed by atoms with Gasteiger partial charge in [0.25, 0.3) is 0 Å². The van der Waals surface area contributed by atoms with Crippen LogP contribution in [-0.2, 0) is 4.79 Å². The maximum absolute atomic E-state index is 12.9. The van der Waals surface area contributed by atoms with Crippen LogP contribution in [0.2, 0.25) is 0 Å². The second-order valence-corrected chi connectivity index (χ2v) is 2.72. The van der Waals surface area contributed by atoms with E-state index in [2.05, 4.69) is 0 Å². The van der Waals surface area contributed by atoms with E-state index < -0.39 is 0 Å². The Labute approximate surface area is 75.9 Å². The van der Waals surface area contributed by atoms with Gasteiger partial charge in [-0.2, -0.15) is 0 Å². The molecule has 68 valence electrons. The Morgan fingerprint density at radius 2 is 2.15 bits per heavy atom. The molecule has 0 aliphatic heterocycles. The zero-order chi connectivity index (χ0) is 9.84. The van der Waals surface area contributed by atoms with Crippen molar-refractivity contribution < 1.29 is 9.18 Å². The largest absolute Gasteiger partial charge is 0.398 e. The molecule has 0 aliphatic carbocycles. The van der Waals surface area contributed by atoms with Gasteiger partial charge in [-0.1, -0.05) is 0 Å². The fraction of sp³-hybridized carbons (Fsp3) is 0.100. The van der Waals surface area contributed by atoms with Gasteiger partial charge in [0.2, 0.25) is 0 Å². The van der Waals surface area contributed by atoms with Gasteiger partial charge in [0.1, 0.15) is 12.1 Å². The molecule has 1 rings (SSSR count). The highest BCUT2D eigenvalue weighted by molar-refractivity contribution is 5.78. The number of nitrogen functional groups attached to an aromatic ring is 1. The van der Waals surface area contributed by atoms with Crippen molar-refractivity contribution in [3.05, 3.63) is 35.2 Å². The zero-order valence-corrected chi connectivity index (χ0v) is 7.25. The Kier molecular flexibility index (Phi) is 2.80. The van der Waals surface area contributed by atoms with Gasteiger partial charge < -0.3 is 5.73 Å². The SMILES string of the molecule is Cc1cc(F)cc(C=CC=O)c1N. The van der Waals surface area contributed by atoms with E-state index in [1.807, 2.05) is 0 Å². The van der Waals surface area contributed by atoms with Crippen molar-refractivity contribution in [1.82, 2.24) is 0 Å². The highest BCUT2D eigenvalue weighted by Crippen LogP contribution is 2.19. The number of aldehydes is 1. The van der Waals surface area contributed by atoms with E-state index in [0.717, 1.165) is 0 Å². The molecule has 3 heteroatoms. The Morgan fingerprint density at radius 3 is 2.77 bits per heavy atom. The van der Waals surface area contributed by atoms with E-state index in [9.17, 15) is 9.18 Å². The summed E-state index contributed by atoms with van der Waals surface area (Å²) in [6.45, 7) is 1.72. The van der Waals surface area contributed by atoms with Crippen LogP contribution in [0.1, 0.15) is 11.1 Å². The first-order valence-electron chi connectivity index (χ1n) is 3.82. The van der Waals surface area contributed by atoms with Crippen LogP contribution in [0, 0.1) is 12.7 Å². The molecule has 0 saturated carbocycles. The maximum atomic E-state index is 12.9. The van der Waals surface area contributed by atoms with Crippen molar-refractivity contribution in [3.63, 3.8) is 0 Å². The van der Waals surface area contributed by atoms with Gasteiger partial charge in [0, 0.05) is 11.3 Å². The molecule has 0 aromatic heterocycles. The van der Waals surface area contributed by atoms with E-state index in [-0.39, 0.29) is 5.82 Å². The molecule has 1 aromatic rings. The average Bonchev–Trinajstić information content (AvgIpc) is 2.09. The molecule has 2 nitrogen and oxygen atoms in total. The lowest BCUT2D eigenvalue weighted by Gasteiger charge is -2.03. The second-order valence-electron chi connectivity index (χ2n) is 2.72. The molecule has 0 radical (unpaired) electrons.